The standard InChI is InChI=1S/C28H18N2O2S/c31-27-20-14-7-8-15-21(20)28(32)24(27)26-23(22-16-9-17-33-22)25(18-10-3-1-4-11-18)29-30(26)19-12-5-2-6-13-19/h1-17,23H. The van der Waals surface area contributed by atoms with Crippen LogP contribution in [0.2, 0.25) is 0 Å². The number of para-hydroxylation sites is 1. The van der Waals surface area contributed by atoms with Gasteiger partial charge in [0, 0.05) is 16.0 Å². The van der Waals surface area contributed by atoms with Gasteiger partial charge in [0.1, 0.15) is 0 Å². The summed E-state index contributed by atoms with van der Waals surface area (Å²) < 4.78 is 0. The fourth-order valence-electron chi connectivity index (χ4n) is 4.53. The molecule has 0 N–H and O–H groups in total. The molecule has 4 nitrogen and oxygen atoms in total. The average molecular weight is 447 g/mol. The molecule has 2 aliphatic rings. The number of thiophene rings is 1. The molecule has 1 aliphatic carbocycles. The lowest BCUT2D eigenvalue weighted by Gasteiger charge is -2.22. The molecule has 1 aliphatic heterocycles. The van der Waals surface area contributed by atoms with Gasteiger partial charge >= 0.3 is 0 Å². The Morgan fingerprint density at radius 2 is 1.30 bits per heavy atom. The first-order valence-electron chi connectivity index (χ1n) is 10.7. The molecular formula is C28H18N2O2S. The Labute approximate surface area is 195 Å². The van der Waals surface area contributed by atoms with E-state index < -0.39 is 0 Å². The molecular weight excluding hydrogens is 428 g/mol. The van der Waals surface area contributed by atoms with Gasteiger partial charge in [0.15, 0.2) is 11.6 Å². The number of hydrogen-bond acceptors (Lipinski definition) is 5. The highest BCUT2D eigenvalue weighted by molar-refractivity contribution is 7.10. The maximum Gasteiger partial charge on any atom is 0.199 e. The summed E-state index contributed by atoms with van der Waals surface area (Å²) in [4.78, 5) is 28.2. The van der Waals surface area contributed by atoms with Gasteiger partial charge in [-0.25, -0.2) is 5.01 Å². The van der Waals surface area contributed by atoms with Crippen LogP contribution in [0.3, 0.4) is 0 Å². The van der Waals surface area contributed by atoms with Crippen LogP contribution in [-0.4, -0.2) is 17.3 Å². The maximum absolute atomic E-state index is 13.6. The second-order valence-electron chi connectivity index (χ2n) is 7.91. The molecule has 158 valence electrons. The largest absolute Gasteiger partial charge is 0.288 e. The van der Waals surface area contributed by atoms with Crippen molar-refractivity contribution in [2.45, 2.75) is 5.92 Å². The highest BCUT2D eigenvalue weighted by atomic mass is 32.1. The predicted octanol–water partition coefficient (Wildman–Crippen LogP) is 6.09. The van der Waals surface area contributed by atoms with Crippen LogP contribution in [0.5, 0.6) is 0 Å². The van der Waals surface area contributed by atoms with Gasteiger partial charge in [-0.05, 0) is 29.1 Å². The quantitative estimate of drug-likeness (QED) is 0.283. The van der Waals surface area contributed by atoms with E-state index in [1.165, 1.54) is 0 Å². The van der Waals surface area contributed by atoms with Gasteiger partial charge in [-0.3, -0.25) is 9.59 Å². The summed E-state index contributed by atoms with van der Waals surface area (Å²) in [6.07, 6.45) is 0. The second-order valence-corrected chi connectivity index (χ2v) is 8.89. The van der Waals surface area contributed by atoms with E-state index in [2.05, 4.69) is 0 Å². The van der Waals surface area contributed by atoms with Gasteiger partial charge in [-0.15, -0.1) is 11.3 Å². The van der Waals surface area contributed by atoms with Crippen LogP contribution < -0.4 is 5.01 Å². The Morgan fingerprint density at radius 1 is 0.697 bits per heavy atom. The summed E-state index contributed by atoms with van der Waals surface area (Å²) in [6.45, 7) is 0. The van der Waals surface area contributed by atoms with Crippen molar-refractivity contribution in [2.24, 2.45) is 5.10 Å². The van der Waals surface area contributed by atoms with Gasteiger partial charge in [-0.2, -0.15) is 5.10 Å². The number of rotatable bonds is 3. The highest BCUT2D eigenvalue weighted by Crippen LogP contribution is 2.45. The Hall–Kier alpha value is -4.09. The lowest BCUT2D eigenvalue weighted by Crippen LogP contribution is -2.22. The van der Waals surface area contributed by atoms with Crippen LogP contribution in [0.15, 0.2) is 119 Å². The predicted molar refractivity (Wildman–Crippen MR) is 131 cm³/mol. The van der Waals surface area contributed by atoms with Crippen LogP contribution in [0.25, 0.3) is 0 Å². The van der Waals surface area contributed by atoms with Gasteiger partial charge in [0.2, 0.25) is 0 Å². The van der Waals surface area contributed by atoms with Crippen LogP contribution in [0, 0.1) is 0 Å². The number of anilines is 1. The topological polar surface area (TPSA) is 49.7 Å². The first-order valence-corrected chi connectivity index (χ1v) is 11.6. The number of hydrogen-bond donors (Lipinski definition) is 0. The van der Waals surface area contributed by atoms with Crippen molar-refractivity contribution in [2.75, 3.05) is 5.01 Å². The van der Waals surface area contributed by atoms with Crippen molar-refractivity contribution in [1.82, 2.24) is 0 Å². The smallest absolute Gasteiger partial charge is 0.199 e. The molecule has 0 amide bonds. The molecule has 2 heterocycles. The average Bonchev–Trinajstić information content (AvgIpc) is 3.58. The van der Waals surface area contributed by atoms with Gasteiger partial charge in [0.05, 0.1) is 28.6 Å². The second kappa shape index (κ2) is 7.80. The van der Waals surface area contributed by atoms with Crippen molar-refractivity contribution in [3.05, 3.63) is 135 Å². The molecule has 0 fully saturated rings. The number of allylic oxidation sites excluding steroid dienone is 2. The number of carbonyl (C=O) groups is 2. The molecule has 4 aromatic rings. The molecule has 5 heteroatoms. The number of fused-ring (bicyclic) bond motifs is 1. The molecule has 0 saturated heterocycles. The Morgan fingerprint density at radius 3 is 1.91 bits per heavy atom. The van der Waals surface area contributed by atoms with Crippen LogP contribution in [0.4, 0.5) is 5.69 Å². The summed E-state index contributed by atoms with van der Waals surface area (Å²) in [5.74, 6) is -0.806. The maximum atomic E-state index is 13.6. The molecule has 0 spiro atoms. The third-order valence-electron chi connectivity index (χ3n) is 6.01. The normalized spacial score (nSPS) is 17.5. The molecule has 0 saturated carbocycles. The van der Waals surface area contributed by atoms with Crippen LogP contribution in [0.1, 0.15) is 37.1 Å². The van der Waals surface area contributed by atoms with Gasteiger partial charge in [0.25, 0.3) is 0 Å². The number of carbonyl (C=O) groups excluding carboxylic acids is 2. The van der Waals surface area contributed by atoms with E-state index in [4.69, 9.17) is 5.10 Å². The number of hydrazone groups is 1. The van der Waals surface area contributed by atoms with E-state index in [-0.39, 0.29) is 23.1 Å². The van der Waals surface area contributed by atoms with Gasteiger partial charge < -0.3 is 0 Å². The van der Waals surface area contributed by atoms with E-state index >= 15 is 0 Å². The third-order valence-corrected chi connectivity index (χ3v) is 6.94. The highest BCUT2D eigenvalue weighted by Gasteiger charge is 2.44. The summed E-state index contributed by atoms with van der Waals surface area (Å²) in [6, 6.07) is 30.7. The zero-order valence-corrected chi connectivity index (χ0v) is 18.3. The SMILES string of the molecule is O=C1C(=C2C(c3cccs3)C(c3ccccc3)=NN2c2ccccc2)C(=O)c2ccccc21. The van der Waals surface area contributed by atoms with Crippen molar-refractivity contribution >= 4 is 34.3 Å². The van der Waals surface area contributed by atoms with Gasteiger partial charge in [-0.1, -0.05) is 78.9 Å². The number of benzene rings is 3. The number of nitrogens with zero attached hydrogens (tertiary/aromatic N) is 2. The van der Waals surface area contributed by atoms with E-state index in [9.17, 15) is 9.59 Å². The van der Waals surface area contributed by atoms with E-state index in [1.54, 1.807) is 40.6 Å². The van der Waals surface area contributed by atoms with E-state index in [0.717, 1.165) is 21.8 Å². The Bertz CT molecular complexity index is 1400. The minimum Gasteiger partial charge on any atom is -0.288 e. The molecule has 0 radical (unpaired) electrons. The summed E-state index contributed by atoms with van der Waals surface area (Å²) >= 11 is 1.60. The van der Waals surface area contributed by atoms with Crippen LogP contribution in [-0.2, 0) is 0 Å². The van der Waals surface area contributed by atoms with Crippen molar-refractivity contribution in [1.29, 1.82) is 0 Å². The number of ketones is 2. The molecule has 1 aromatic heterocycles. The molecule has 0 bridgehead atoms. The zero-order chi connectivity index (χ0) is 22.4. The third kappa shape index (κ3) is 3.09. The first-order chi connectivity index (χ1) is 16.2. The summed E-state index contributed by atoms with van der Waals surface area (Å²) in [7, 11) is 0. The summed E-state index contributed by atoms with van der Waals surface area (Å²) in [5.41, 5.74) is 4.32. The molecule has 6 rings (SSSR count). The minimum absolute atomic E-state index is 0.202. The minimum atomic E-state index is -0.329. The monoisotopic (exact) mass is 446 g/mol. The van der Waals surface area contributed by atoms with Crippen molar-refractivity contribution in [3.63, 3.8) is 0 Å². The van der Waals surface area contributed by atoms with Crippen molar-refractivity contribution < 1.29 is 9.59 Å². The Kier molecular flexibility index (Phi) is 4.63. The lowest BCUT2D eigenvalue weighted by molar-refractivity contribution is 0.0986. The van der Waals surface area contributed by atoms with E-state index in [0.29, 0.717) is 16.8 Å². The zero-order valence-electron chi connectivity index (χ0n) is 17.5. The fraction of sp³-hybridized carbons (Fsp3) is 0.0357. The fourth-order valence-corrected chi connectivity index (χ4v) is 5.36. The molecule has 3 aromatic carbocycles. The first kappa shape index (κ1) is 19.6. The Balaban J connectivity index is 1.65. The number of Topliss-reactive ketones (excluding diaryl/α,β-unsaturated/α-hetero) is 2. The van der Waals surface area contributed by atoms with E-state index in [1.807, 2.05) is 78.2 Å². The summed E-state index contributed by atoms with van der Waals surface area (Å²) in [5, 5.41) is 8.81. The molecule has 33 heavy (non-hydrogen) atoms. The molecule has 1 unspecified atom stereocenters. The van der Waals surface area contributed by atoms with Crippen LogP contribution >= 0.6 is 11.3 Å². The molecule has 1 atom stereocenters. The lowest BCUT2D eigenvalue weighted by atomic mass is 9.89. The van der Waals surface area contributed by atoms with Crippen molar-refractivity contribution in [3.8, 4) is 0 Å².